The van der Waals surface area contributed by atoms with E-state index < -0.39 is 0 Å². The predicted octanol–water partition coefficient (Wildman–Crippen LogP) is 3.07. The number of fused-ring (bicyclic) bond motifs is 1. The summed E-state index contributed by atoms with van der Waals surface area (Å²) in [6.07, 6.45) is 0. The predicted molar refractivity (Wildman–Crippen MR) is 105 cm³/mol. The van der Waals surface area contributed by atoms with E-state index in [1.165, 1.54) is 6.07 Å². The van der Waals surface area contributed by atoms with Crippen LogP contribution in [-0.4, -0.2) is 66.0 Å². The third kappa shape index (κ3) is 3.73. The quantitative estimate of drug-likeness (QED) is 0.826. The Morgan fingerprint density at radius 2 is 1.93 bits per heavy atom. The molecule has 4 rings (SSSR count). The topological polar surface area (TPSA) is 33.5 Å². The number of likely N-dealkylation sites (N-methyl/N-ethyl adjacent to an activating group) is 1. The van der Waals surface area contributed by atoms with E-state index in [9.17, 15) is 4.39 Å². The third-order valence-corrected chi connectivity index (χ3v) is 5.65. The van der Waals surface area contributed by atoms with Crippen molar-refractivity contribution in [1.82, 2.24) is 19.6 Å². The Hall–Kier alpha value is -1.92. The molecule has 1 fully saturated rings. The molecule has 3 heterocycles. The summed E-state index contributed by atoms with van der Waals surface area (Å²) >= 11 is 0. The maximum absolute atomic E-state index is 14.4. The summed E-state index contributed by atoms with van der Waals surface area (Å²) in [5.41, 5.74) is 2.29. The van der Waals surface area contributed by atoms with Crippen molar-refractivity contribution in [2.24, 2.45) is 5.92 Å². The zero-order chi connectivity index (χ0) is 19.0. The lowest BCUT2D eigenvalue weighted by Crippen LogP contribution is -2.47. The average Bonchev–Trinajstić information content (AvgIpc) is 3.02. The molecule has 6 heteroatoms. The monoisotopic (exact) mass is 372 g/mol. The molecule has 1 atom stereocenters. The molecule has 0 aliphatic carbocycles. The number of aromatic nitrogens is 2. The van der Waals surface area contributed by atoms with E-state index in [4.69, 9.17) is 9.84 Å². The van der Waals surface area contributed by atoms with Crippen LogP contribution in [0.5, 0.6) is 5.88 Å². The fourth-order valence-electron chi connectivity index (χ4n) is 4.11. The summed E-state index contributed by atoms with van der Waals surface area (Å²) in [7, 11) is 2.18. The zero-order valence-corrected chi connectivity index (χ0v) is 16.5. The SMILES string of the molecule is CC(C)c1c(-c2ccccc2F)nn2c1OCC(CN1CCN(C)CC1)C2. The van der Waals surface area contributed by atoms with Gasteiger partial charge in [-0.05, 0) is 25.1 Å². The van der Waals surface area contributed by atoms with E-state index in [0.29, 0.717) is 18.1 Å². The first kappa shape index (κ1) is 18.4. The Morgan fingerprint density at radius 3 is 2.63 bits per heavy atom. The molecule has 2 aromatic rings. The van der Waals surface area contributed by atoms with Crippen molar-refractivity contribution >= 4 is 0 Å². The summed E-state index contributed by atoms with van der Waals surface area (Å²) in [4.78, 5) is 4.89. The number of ether oxygens (including phenoxy) is 1. The Labute approximate surface area is 160 Å². The van der Waals surface area contributed by atoms with Crippen LogP contribution in [0, 0.1) is 11.7 Å². The van der Waals surface area contributed by atoms with Gasteiger partial charge in [-0.3, -0.25) is 0 Å². The van der Waals surface area contributed by atoms with Gasteiger partial charge in [-0.2, -0.15) is 5.10 Å². The van der Waals surface area contributed by atoms with Gasteiger partial charge in [0, 0.05) is 49.8 Å². The second-order valence-electron chi connectivity index (χ2n) is 8.17. The number of rotatable bonds is 4. The first-order valence-corrected chi connectivity index (χ1v) is 9.92. The fraction of sp³-hybridized carbons (Fsp3) is 0.571. The van der Waals surface area contributed by atoms with Crippen molar-refractivity contribution in [2.75, 3.05) is 46.4 Å². The fourth-order valence-corrected chi connectivity index (χ4v) is 4.11. The van der Waals surface area contributed by atoms with E-state index in [-0.39, 0.29) is 11.7 Å². The number of hydrogen-bond donors (Lipinski definition) is 0. The minimum absolute atomic E-state index is 0.220. The molecule has 0 saturated carbocycles. The Kier molecular flexibility index (Phi) is 5.19. The summed E-state index contributed by atoms with van der Waals surface area (Å²) in [6, 6.07) is 6.87. The van der Waals surface area contributed by atoms with Crippen LogP contribution in [0.2, 0.25) is 0 Å². The van der Waals surface area contributed by atoms with E-state index in [0.717, 1.165) is 56.4 Å². The van der Waals surface area contributed by atoms with Crippen LogP contribution in [0.15, 0.2) is 24.3 Å². The van der Waals surface area contributed by atoms with Gasteiger partial charge < -0.3 is 14.5 Å². The molecule has 1 unspecified atom stereocenters. The normalized spacial score (nSPS) is 21.3. The first-order valence-electron chi connectivity index (χ1n) is 9.92. The molecule has 146 valence electrons. The molecule has 0 bridgehead atoms. The zero-order valence-electron chi connectivity index (χ0n) is 16.5. The van der Waals surface area contributed by atoms with Crippen molar-refractivity contribution in [2.45, 2.75) is 26.3 Å². The number of benzene rings is 1. The smallest absolute Gasteiger partial charge is 0.215 e. The Bertz CT molecular complexity index is 795. The molecule has 1 saturated heterocycles. The van der Waals surface area contributed by atoms with Crippen molar-refractivity contribution in [3.63, 3.8) is 0 Å². The molecule has 0 N–H and O–H groups in total. The highest BCUT2D eigenvalue weighted by molar-refractivity contribution is 5.67. The highest BCUT2D eigenvalue weighted by Crippen LogP contribution is 2.39. The molecule has 27 heavy (non-hydrogen) atoms. The standard InChI is InChI=1S/C21H29FN4O/c1-15(2)19-20(17-6-4-5-7-18(17)22)23-26-13-16(14-27-21(19)26)12-25-10-8-24(3)9-11-25/h4-7,15-16H,8-14H2,1-3H3. The maximum atomic E-state index is 14.4. The number of halogens is 1. The van der Waals surface area contributed by atoms with Gasteiger partial charge in [0.2, 0.25) is 5.88 Å². The molecule has 1 aromatic heterocycles. The molecule has 0 radical (unpaired) electrons. The molecular weight excluding hydrogens is 343 g/mol. The van der Waals surface area contributed by atoms with Gasteiger partial charge in [0.15, 0.2) is 0 Å². The summed E-state index contributed by atoms with van der Waals surface area (Å²) in [5.74, 6) is 1.22. The molecule has 2 aliphatic rings. The van der Waals surface area contributed by atoms with E-state index >= 15 is 0 Å². The van der Waals surface area contributed by atoms with Crippen LogP contribution in [0.3, 0.4) is 0 Å². The highest BCUT2D eigenvalue weighted by Gasteiger charge is 2.30. The molecule has 2 aliphatic heterocycles. The van der Waals surface area contributed by atoms with Crippen molar-refractivity contribution < 1.29 is 9.13 Å². The summed E-state index contributed by atoms with van der Waals surface area (Å²) in [5, 5.41) is 4.78. The van der Waals surface area contributed by atoms with Crippen molar-refractivity contribution in [3.05, 3.63) is 35.6 Å². The second kappa shape index (κ2) is 7.60. The summed E-state index contributed by atoms with van der Waals surface area (Å²) < 4.78 is 22.5. The lowest BCUT2D eigenvalue weighted by molar-refractivity contribution is 0.0903. The Balaban J connectivity index is 1.57. The van der Waals surface area contributed by atoms with Gasteiger partial charge in [-0.15, -0.1) is 0 Å². The molecule has 5 nitrogen and oxygen atoms in total. The van der Waals surface area contributed by atoms with Crippen molar-refractivity contribution in [1.29, 1.82) is 0 Å². The Morgan fingerprint density at radius 1 is 1.19 bits per heavy atom. The summed E-state index contributed by atoms with van der Waals surface area (Å²) in [6.45, 7) is 11.2. The molecule has 1 aromatic carbocycles. The number of nitrogens with zero attached hydrogens (tertiary/aromatic N) is 4. The lowest BCUT2D eigenvalue weighted by atomic mass is 9.98. The van der Waals surface area contributed by atoms with Gasteiger partial charge in [0.05, 0.1) is 13.2 Å². The lowest BCUT2D eigenvalue weighted by Gasteiger charge is -2.35. The van der Waals surface area contributed by atoms with E-state index in [2.05, 4.69) is 30.7 Å². The van der Waals surface area contributed by atoms with Crippen LogP contribution >= 0.6 is 0 Å². The number of piperazine rings is 1. The first-order chi connectivity index (χ1) is 13.0. The van der Waals surface area contributed by atoms with Crippen LogP contribution in [0.4, 0.5) is 4.39 Å². The van der Waals surface area contributed by atoms with E-state index in [1.54, 1.807) is 12.1 Å². The minimum Gasteiger partial charge on any atom is -0.477 e. The maximum Gasteiger partial charge on any atom is 0.215 e. The second-order valence-corrected chi connectivity index (χ2v) is 8.17. The van der Waals surface area contributed by atoms with Gasteiger partial charge in [0.25, 0.3) is 0 Å². The van der Waals surface area contributed by atoms with Gasteiger partial charge in [-0.1, -0.05) is 26.0 Å². The van der Waals surface area contributed by atoms with Crippen LogP contribution in [0.1, 0.15) is 25.3 Å². The molecular formula is C21H29FN4O. The van der Waals surface area contributed by atoms with Crippen LogP contribution in [-0.2, 0) is 6.54 Å². The van der Waals surface area contributed by atoms with Crippen molar-refractivity contribution in [3.8, 4) is 17.1 Å². The van der Waals surface area contributed by atoms with Crippen LogP contribution in [0.25, 0.3) is 11.3 Å². The van der Waals surface area contributed by atoms with Crippen LogP contribution < -0.4 is 4.74 Å². The van der Waals surface area contributed by atoms with E-state index in [1.807, 2.05) is 10.7 Å². The molecule has 0 amide bonds. The molecule has 0 spiro atoms. The van der Waals surface area contributed by atoms with Gasteiger partial charge in [-0.25, -0.2) is 9.07 Å². The van der Waals surface area contributed by atoms with Gasteiger partial charge in [0.1, 0.15) is 11.5 Å². The minimum atomic E-state index is -0.233. The highest BCUT2D eigenvalue weighted by atomic mass is 19.1. The average molecular weight is 372 g/mol. The largest absolute Gasteiger partial charge is 0.477 e. The number of hydrogen-bond acceptors (Lipinski definition) is 4. The van der Waals surface area contributed by atoms with Gasteiger partial charge >= 0.3 is 0 Å². The third-order valence-electron chi connectivity index (χ3n) is 5.65.